The summed E-state index contributed by atoms with van der Waals surface area (Å²) < 4.78 is 22.6. The number of carbonyl (C=O) groups excluding carboxylic acids is 2. The molecular weight excluding hydrogens is 446 g/mol. The molecule has 0 saturated carbocycles. The maximum atomic E-state index is 12.5. The maximum Gasteiger partial charge on any atom is 0.238 e. The van der Waals surface area contributed by atoms with E-state index in [1.54, 1.807) is 19.1 Å². The highest BCUT2D eigenvalue weighted by Gasteiger charge is 2.15. The Bertz CT molecular complexity index is 1180. The molecule has 0 spiro atoms. The fraction of sp³-hybridized carbons (Fsp3) is 0.130. The van der Waals surface area contributed by atoms with Crippen molar-refractivity contribution in [3.05, 3.63) is 84.4 Å². The number of thioether (sulfide) groups is 1. The number of hydrogen-bond acceptors (Lipinski definition) is 5. The Balaban J connectivity index is 1.51. The Morgan fingerprint density at radius 1 is 0.875 bits per heavy atom. The molecule has 9 heteroatoms. The molecule has 3 rings (SSSR count). The summed E-state index contributed by atoms with van der Waals surface area (Å²) in [7, 11) is -3.78. The van der Waals surface area contributed by atoms with Gasteiger partial charge in [0.1, 0.15) is 0 Å². The molecule has 1 atom stereocenters. The van der Waals surface area contributed by atoms with Gasteiger partial charge in [0.2, 0.25) is 21.8 Å². The number of nitrogens with two attached hydrogens (primary N) is 1. The number of sulfonamides is 1. The summed E-state index contributed by atoms with van der Waals surface area (Å²) in [6, 6.07) is 22.4. The summed E-state index contributed by atoms with van der Waals surface area (Å²) in [6.45, 7) is 1.77. The van der Waals surface area contributed by atoms with Gasteiger partial charge in [-0.05, 0) is 61.0 Å². The molecule has 0 bridgehead atoms. The first-order chi connectivity index (χ1) is 15.2. The number of primary sulfonamides is 1. The predicted octanol–water partition coefficient (Wildman–Crippen LogP) is 3.63. The molecule has 0 radical (unpaired) electrons. The second-order valence-corrected chi connectivity index (χ2v) is 10.0. The van der Waals surface area contributed by atoms with Crippen molar-refractivity contribution in [3.8, 4) is 0 Å². The molecule has 166 valence electrons. The summed E-state index contributed by atoms with van der Waals surface area (Å²) in [4.78, 5) is 25.5. The normalized spacial score (nSPS) is 12.1. The zero-order valence-corrected chi connectivity index (χ0v) is 18.9. The molecule has 1 unspecified atom stereocenters. The van der Waals surface area contributed by atoms with Crippen LogP contribution < -0.4 is 15.8 Å². The quantitative estimate of drug-likeness (QED) is 0.435. The van der Waals surface area contributed by atoms with Crippen molar-refractivity contribution in [3.63, 3.8) is 0 Å². The molecule has 0 aromatic heterocycles. The molecule has 0 saturated heterocycles. The van der Waals surface area contributed by atoms with Crippen LogP contribution >= 0.6 is 11.8 Å². The van der Waals surface area contributed by atoms with Crippen LogP contribution in [-0.2, 0) is 26.0 Å². The van der Waals surface area contributed by atoms with Crippen molar-refractivity contribution in [2.24, 2.45) is 5.14 Å². The first-order valence-electron chi connectivity index (χ1n) is 9.75. The van der Waals surface area contributed by atoms with Crippen molar-refractivity contribution in [2.45, 2.75) is 28.4 Å². The lowest BCUT2D eigenvalue weighted by atomic mass is 10.1. The van der Waals surface area contributed by atoms with E-state index in [2.05, 4.69) is 10.6 Å². The number of rotatable bonds is 8. The van der Waals surface area contributed by atoms with Gasteiger partial charge in [-0.2, -0.15) is 0 Å². The third-order valence-corrected chi connectivity index (χ3v) is 6.52. The fourth-order valence-electron chi connectivity index (χ4n) is 2.83. The second-order valence-electron chi connectivity index (χ2n) is 7.05. The molecule has 0 heterocycles. The lowest BCUT2D eigenvalue weighted by molar-refractivity contribution is -0.116. The number of hydrogen-bond donors (Lipinski definition) is 3. The van der Waals surface area contributed by atoms with Crippen LogP contribution in [0.2, 0.25) is 0 Å². The van der Waals surface area contributed by atoms with Crippen LogP contribution in [0.4, 0.5) is 11.4 Å². The number of nitrogens with one attached hydrogen (secondary N) is 2. The zero-order valence-electron chi connectivity index (χ0n) is 17.3. The highest BCUT2D eigenvalue weighted by molar-refractivity contribution is 8.00. The molecule has 4 N–H and O–H groups in total. The number of anilines is 2. The molecular formula is C23H23N3O4S2. The molecule has 0 aliphatic heterocycles. The highest BCUT2D eigenvalue weighted by Crippen LogP contribution is 2.26. The van der Waals surface area contributed by atoms with Gasteiger partial charge in [-0.1, -0.05) is 30.3 Å². The van der Waals surface area contributed by atoms with E-state index in [0.717, 1.165) is 10.5 Å². The van der Waals surface area contributed by atoms with Gasteiger partial charge < -0.3 is 10.6 Å². The Kier molecular flexibility index (Phi) is 7.68. The van der Waals surface area contributed by atoms with Crippen molar-refractivity contribution in [2.75, 3.05) is 10.6 Å². The number of amides is 2. The SMILES string of the molecule is CC(Sc1ccc(NC(=O)Cc2ccccc2)cc1)C(=O)Nc1ccc(S(N)(=O)=O)cc1. The van der Waals surface area contributed by atoms with Gasteiger partial charge in [0, 0.05) is 16.3 Å². The van der Waals surface area contributed by atoms with E-state index in [4.69, 9.17) is 5.14 Å². The average molecular weight is 470 g/mol. The van der Waals surface area contributed by atoms with Crippen molar-refractivity contribution >= 4 is 45.0 Å². The van der Waals surface area contributed by atoms with Gasteiger partial charge in [0.15, 0.2) is 0 Å². The van der Waals surface area contributed by atoms with Gasteiger partial charge in [-0.15, -0.1) is 11.8 Å². The van der Waals surface area contributed by atoms with Crippen molar-refractivity contribution in [1.82, 2.24) is 0 Å². The standard InChI is InChI=1S/C23H23N3O4S2/c1-16(23(28)26-19-9-13-21(14-10-19)32(24,29)30)31-20-11-7-18(8-12-20)25-22(27)15-17-5-3-2-4-6-17/h2-14,16H,15H2,1H3,(H,25,27)(H,26,28)(H2,24,29,30). The van der Waals surface area contributed by atoms with E-state index in [9.17, 15) is 18.0 Å². The largest absolute Gasteiger partial charge is 0.326 e. The minimum atomic E-state index is -3.78. The van der Waals surface area contributed by atoms with Gasteiger partial charge in [-0.25, -0.2) is 13.6 Å². The fourth-order valence-corrected chi connectivity index (χ4v) is 4.22. The van der Waals surface area contributed by atoms with Crippen LogP contribution in [0.15, 0.2) is 88.7 Å². The van der Waals surface area contributed by atoms with E-state index in [-0.39, 0.29) is 16.7 Å². The van der Waals surface area contributed by atoms with Crippen molar-refractivity contribution in [1.29, 1.82) is 0 Å². The summed E-state index contributed by atoms with van der Waals surface area (Å²) in [5, 5.41) is 10.3. The first-order valence-corrected chi connectivity index (χ1v) is 12.2. The van der Waals surface area contributed by atoms with E-state index in [1.165, 1.54) is 36.0 Å². The molecule has 0 fully saturated rings. The lowest BCUT2D eigenvalue weighted by Gasteiger charge is -2.13. The maximum absolute atomic E-state index is 12.5. The lowest BCUT2D eigenvalue weighted by Crippen LogP contribution is -2.22. The van der Waals surface area contributed by atoms with Gasteiger partial charge in [0.05, 0.1) is 16.6 Å². The summed E-state index contributed by atoms with van der Waals surface area (Å²) in [5.74, 6) is -0.323. The first kappa shape index (κ1) is 23.5. The van der Waals surface area contributed by atoms with Crippen LogP contribution in [0.5, 0.6) is 0 Å². The Morgan fingerprint density at radius 3 is 2.03 bits per heavy atom. The van der Waals surface area contributed by atoms with Gasteiger partial charge in [0.25, 0.3) is 0 Å². The molecule has 3 aromatic rings. The molecule has 3 aromatic carbocycles. The Labute approximate surface area is 191 Å². The van der Waals surface area contributed by atoms with E-state index < -0.39 is 15.3 Å². The third-order valence-electron chi connectivity index (χ3n) is 4.48. The highest BCUT2D eigenvalue weighted by atomic mass is 32.2. The van der Waals surface area contributed by atoms with Crippen LogP contribution in [0, 0.1) is 0 Å². The molecule has 32 heavy (non-hydrogen) atoms. The Morgan fingerprint density at radius 2 is 1.44 bits per heavy atom. The van der Waals surface area contributed by atoms with Crippen LogP contribution in [0.1, 0.15) is 12.5 Å². The molecule has 0 aliphatic rings. The van der Waals surface area contributed by atoms with E-state index in [1.807, 2.05) is 42.5 Å². The summed E-state index contributed by atoms with van der Waals surface area (Å²) in [6.07, 6.45) is 0.298. The second kappa shape index (κ2) is 10.4. The van der Waals surface area contributed by atoms with Gasteiger partial charge >= 0.3 is 0 Å². The van der Waals surface area contributed by atoms with Crippen molar-refractivity contribution < 1.29 is 18.0 Å². The Hall–Kier alpha value is -3.14. The van der Waals surface area contributed by atoms with Crippen LogP contribution in [0.25, 0.3) is 0 Å². The zero-order chi connectivity index (χ0) is 23.1. The number of carbonyl (C=O) groups is 2. The molecule has 2 amide bonds. The minimum Gasteiger partial charge on any atom is -0.326 e. The minimum absolute atomic E-state index is 0.0196. The summed E-state index contributed by atoms with van der Waals surface area (Å²) in [5.41, 5.74) is 2.10. The molecule has 0 aliphatic carbocycles. The molecule has 7 nitrogen and oxygen atoms in total. The third kappa shape index (κ3) is 6.94. The smallest absolute Gasteiger partial charge is 0.238 e. The summed E-state index contributed by atoms with van der Waals surface area (Å²) >= 11 is 1.37. The van der Waals surface area contributed by atoms with E-state index in [0.29, 0.717) is 17.8 Å². The van der Waals surface area contributed by atoms with Crippen LogP contribution in [0.3, 0.4) is 0 Å². The topological polar surface area (TPSA) is 118 Å². The monoisotopic (exact) mass is 469 g/mol. The van der Waals surface area contributed by atoms with Crippen LogP contribution in [-0.4, -0.2) is 25.5 Å². The van der Waals surface area contributed by atoms with Gasteiger partial charge in [-0.3, -0.25) is 9.59 Å². The number of benzene rings is 3. The van der Waals surface area contributed by atoms with E-state index >= 15 is 0 Å². The average Bonchev–Trinajstić information content (AvgIpc) is 2.75. The predicted molar refractivity (Wildman–Crippen MR) is 127 cm³/mol.